The van der Waals surface area contributed by atoms with Crippen molar-refractivity contribution >= 4 is 5.91 Å². The Labute approximate surface area is 122 Å². The molecule has 7 nitrogen and oxygen atoms in total. The lowest BCUT2D eigenvalue weighted by atomic mass is 9.76. The number of imidazole rings is 1. The second-order valence-corrected chi connectivity index (χ2v) is 6.30. The van der Waals surface area contributed by atoms with Crippen LogP contribution in [0.3, 0.4) is 0 Å². The number of nitrogens with one attached hydrogen (secondary N) is 1. The summed E-state index contributed by atoms with van der Waals surface area (Å²) < 4.78 is 5.80. The lowest BCUT2D eigenvalue weighted by Gasteiger charge is -2.49. The normalized spacial score (nSPS) is 32.3. The van der Waals surface area contributed by atoms with Crippen LogP contribution in [-0.4, -0.2) is 68.0 Å². The van der Waals surface area contributed by atoms with Gasteiger partial charge in [0.2, 0.25) is 0 Å². The fourth-order valence-electron chi connectivity index (χ4n) is 3.24. The van der Waals surface area contributed by atoms with Crippen LogP contribution in [-0.2, 0) is 4.74 Å². The van der Waals surface area contributed by atoms with Gasteiger partial charge >= 0.3 is 0 Å². The topological polar surface area (TPSA) is 98.7 Å². The molecule has 0 radical (unpaired) electrons. The van der Waals surface area contributed by atoms with E-state index in [1.165, 1.54) is 12.5 Å². The van der Waals surface area contributed by atoms with E-state index in [1.54, 1.807) is 11.8 Å². The molecule has 2 fully saturated rings. The molecule has 0 aliphatic carbocycles. The molecule has 3 heterocycles. The zero-order chi connectivity index (χ0) is 15.1. The Balaban J connectivity index is 1.64. The largest absolute Gasteiger partial charge is 0.388 e. The van der Waals surface area contributed by atoms with Crippen molar-refractivity contribution in [3.8, 4) is 0 Å². The van der Waals surface area contributed by atoms with Gasteiger partial charge in [-0.1, -0.05) is 0 Å². The number of nitrogens with zero attached hydrogens (tertiary/aromatic N) is 2. The van der Waals surface area contributed by atoms with E-state index in [1.807, 2.05) is 0 Å². The Kier molecular flexibility index (Phi) is 3.51. The number of carbonyl (C=O) groups is 1. The summed E-state index contributed by atoms with van der Waals surface area (Å²) in [5, 5.41) is 20.0. The number of hydrogen-bond donors (Lipinski definition) is 3. The van der Waals surface area contributed by atoms with E-state index >= 15 is 0 Å². The minimum absolute atomic E-state index is 0.0649. The van der Waals surface area contributed by atoms with Crippen LogP contribution in [0, 0.1) is 0 Å². The van der Waals surface area contributed by atoms with Crippen molar-refractivity contribution in [3.63, 3.8) is 0 Å². The third-order valence-electron chi connectivity index (χ3n) is 4.64. The number of aromatic amines is 1. The molecule has 1 spiro atoms. The fraction of sp³-hybridized carbons (Fsp3) is 0.714. The van der Waals surface area contributed by atoms with Crippen LogP contribution >= 0.6 is 0 Å². The Bertz CT molecular complexity index is 506. The molecule has 7 heteroatoms. The number of piperidine rings is 1. The van der Waals surface area contributed by atoms with Crippen molar-refractivity contribution in [3.05, 3.63) is 18.2 Å². The van der Waals surface area contributed by atoms with Gasteiger partial charge < -0.3 is 24.8 Å². The molecule has 2 saturated heterocycles. The maximum atomic E-state index is 12.2. The smallest absolute Gasteiger partial charge is 0.271 e. The van der Waals surface area contributed by atoms with E-state index in [4.69, 9.17) is 4.74 Å². The van der Waals surface area contributed by atoms with Crippen molar-refractivity contribution < 1.29 is 19.7 Å². The van der Waals surface area contributed by atoms with E-state index in [0.717, 1.165) is 0 Å². The molecule has 1 amide bonds. The highest BCUT2D eigenvalue weighted by Gasteiger charge is 2.49. The molecule has 3 rings (SSSR count). The van der Waals surface area contributed by atoms with Crippen LogP contribution in [0.2, 0.25) is 0 Å². The quantitative estimate of drug-likeness (QED) is 0.673. The number of amides is 1. The number of ether oxygens (including phenoxy) is 1. The lowest BCUT2D eigenvalue weighted by Crippen LogP contribution is -2.59. The van der Waals surface area contributed by atoms with Gasteiger partial charge in [-0.15, -0.1) is 0 Å². The van der Waals surface area contributed by atoms with Crippen LogP contribution in [0.5, 0.6) is 0 Å². The first-order valence-corrected chi connectivity index (χ1v) is 7.24. The summed E-state index contributed by atoms with van der Waals surface area (Å²) in [6.07, 6.45) is 3.87. The minimum Gasteiger partial charge on any atom is -0.388 e. The SMILES string of the molecule is C[C@]1(O)CC2(CCN(C(=O)c3cnc[nH]3)CC2)OC[C@@H]1O. The molecule has 3 N–H and O–H groups in total. The maximum Gasteiger partial charge on any atom is 0.271 e. The Morgan fingerprint density at radius 3 is 2.81 bits per heavy atom. The molecule has 2 atom stereocenters. The van der Waals surface area contributed by atoms with Crippen molar-refractivity contribution in [2.75, 3.05) is 19.7 Å². The first kappa shape index (κ1) is 14.5. The molecule has 1 aromatic heterocycles. The Morgan fingerprint density at radius 1 is 1.52 bits per heavy atom. The summed E-state index contributed by atoms with van der Waals surface area (Å²) in [5.74, 6) is -0.0649. The summed E-state index contributed by atoms with van der Waals surface area (Å²) in [4.78, 5) is 20.7. The average Bonchev–Trinajstić information content (AvgIpc) is 2.97. The van der Waals surface area contributed by atoms with E-state index < -0.39 is 17.3 Å². The molecule has 1 aromatic rings. The highest BCUT2D eigenvalue weighted by molar-refractivity contribution is 5.92. The highest BCUT2D eigenvalue weighted by Crippen LogP contribution is 2.39. The molecule has 2 aliphatic rings. The van der Waals surface area contributed by atoms with Crippen LogP contribution in [0.1, 0.15) is 36.7 Å². The molecule has 2 aliphatic heterocycles. The van der Waals surface area contributed by atoms with Crippen molar-refractivity contribution in [1.29, 1.82) is 0 Å². The number of aromatic nitrogens is 2. The molecule has 0 bridgehead atoms. The first-order chi connectivity index (χ1) is 9.92. The second kappa shape index (κ2) is 5.08. The van der Waals surface area contributed by atoms with Gasteiger partial charge in [-0.05, 0) is 19.8 Å². The molecule has 116 valence electrons. The van der Waals surface area contributed by atoms with E-state index in [-0.39, 0.29) is 12.5 Å². The summed E-state index contributed by atoms with van der Waals surface area (Å²) >= 11 is 0. The Hall–Kier alpha value is -1.44. The predicted octanol–water partition coefficient (Wildman–Crippen LogP) is -0.0833. The molecule has 0 unspecified atom stereocenters. The Morgan fingerprint density at radius 2 is 2.24 bits per heavy atom. The van der Waals surface area contributed by atoms with Crippen LogP contribution < -0.4 is 0 Å². The molecular weight excluding hydrogens is 274 g/mol. The van der Waals surface area contributed by atoms with Crippen molar-refractivity contribution in [2.24, 2.45) is 0 Å². The third kappa shape index (κ3) is 2.68. The lowest BCUT2D eigenvalue weighted by molar-refractivity contribution is -0.221. The summed E-state index contributed by atoms with van der Waals surface area (Å²) in [7, 11) is 0. The van der Waals surface area contributed by atoms with Crippen LogP contribution in [0.25, 0.3) is 0 Å². The average molecular weight is 295 g/mol. The van der Waals surface area contributed by atoms with E-state index in [9.17, 15) is 15.0 Å². The number of hydrogen-bond acceptors (Lipinski definition) is 5. The second-order valence-electron chi connectivity index (χ2n) is 6.30. The van der Waals surface area contributed by atoms with Gasteiger partial charge in [0.15, 0.2) is 0 Å². The number of aliphatic hydroxyl groups is 2. The van der Waals surface area contributed by atoms with Gasteiger partial charge in [0.1, 0.15) is 11.8 Å². The molecule has 21 heavy (non-hydrogen) atoms. The van der Waals surface area contributed by atoms with Gasteiger partial charge in [-0.3, -0.25) is 4.79 Å². The standard InChI is InChI=1S/C14H21N3O4/c1-13(20)8-14(21-7-11(13)18)2-4-17(5-3-14)12(19)10-6-15-9-16-10/h6,9,11,18,20H,2-5,7-8H2,1H3,(H,15,16)/t11-,13-/m0/s1. The summed E-state index contributed by atoms with van der Waals surface area (Å²) in [6.45, 7) is 2.93. The molecule has 0 saturated carbocycles. The number of rotatable bonds is 1. The van der Waals surface area contributed by atoms with Gasteiger partial charge in [0, 0.05) is 19.5 Å². The summed E-state index contributed by atoms with van der Waals surface area (Å²) in [6, 6.07) is 0. The minimum atomic E-state index is -1.13. The van der Waals surface area contributed by atoms with Gasteiger partial charge in [-0.25, -0.2) is 4.98 Å². The number of carbonyl (C=O) groups excluding carboxylic acids is 1. The van der Waals surface area contributed by atoms with Gasteiger partial charge in [-0.2, -0.15) is 0 Å². The highest BCUT2D eigenvalue weighted by atomic mass is 16.5. The monoisotopic (exact) mass is 295 g/mol. The predicted molar refractivity (Wildman–Crippen MR) is 73.7 cm³/mol. The third-order valence-corrected chi connectivity index (χ3v) is 4.64. The number of H-pyrrole nitrogens is 1. The van der Waals surface area contributed by atoms with E-state index in [0.29, 0.717) is 38.0 Å². The fourth-order valence-corrected chi connectivity index (χ4v) is 3.24. The molecule has 0 aromatic carbocycles. The van der Waals surface area contributed by atoms with Crippen LogP contribution in [0.4, 0.5) is 0 Å². The van der Waals surface area contributed by atoms with Gasteiger partial charge in [0.05, 0.1) is 30.3 Å². The molecular formula is C14H21N3O4. The van der Waals surface area contributed by atoms with Crippen molar-refractivity contribution in [1.82, 2.24) is 14.9 Å². The van der Waals surface area contributed by atoms with Crippen LogP contribution in [0.15, 0.2) is 12.5 Å². The number of aliphatic hydroxyl groups excluding tert-OH is 1. The zero-order valence-electron chi connectivity index (χ0n) is 12.1. The van der Waals surface area contributed by atoms with Gasteiger partial charge in [0.25, 0.3) is 5.91 Å². The first-order valence-electron chi connectivity index (χ1n) is 7.24. The number of likely N-dealkylation sites (tertiary alicyclic amines) is 1. The summed E-state index contributed by atoms with van der Waals surface area (Å²) in [5.41, 5.74) is -1.08. The zero-order valence-corrected chi connectivity index (χ0v) is 12.1. The van der Waals surface area contributed by atoms with E-state index in [2.05, 4.69) is 9.97 Å². The maximum absolute atomic E-state index is 12.2. The van der Waals surface area contributed by atoms with Crippen molar-refractivity contribution in [2.45, 2.75) is 43.5 Å².